The zero-order valence-electron chi connectivity index (χ0n) is 16.6. The van der Waals surface area contributed by atoms with Gasteiger partial charge in [0.05, 0.1) is 0 Å². The molecule has 1 fully saturated rings. The van der Waals surface area contributed by atoms with Crippen molar-refractivity contribution in [2.75, 3.05) is 51.8 Å². The third-order valence-electron chi connectivity index (χ3n) is 4.24. The summed E-state index contributed by atoms with van der Waals surface area (Å²) in [6.45, 7) is 7.61. The van der Waals surface area contributed by atoms with Gasteiger partial charge in [0.2, 0.25) is 0 Å². The third kappa shape index (κ3) is 10.8. The molecule has 1 saturated heterocycles. The molecule has 28 heavy (non-hydrogen) atoms. The van der Waals surface area contributed by atoms with Crippen molar-refractivity contribution < 1.29 is 13.9 Å². The Kier molecular flexibility index (Phi) is 14.8. The Balaban J connectivity index is 0.00000392. The van der Waals surface area contributed by atoms with Crippen molar-refractivity contribution in [2.24, 2.45) is 10.9 Å². The molecule has 1 aromatic rings. The van der Waals surface area contributed by atoms with E-state index in [1.54, 1.807) is 12.1 Å². The highest BCUT2D eigenvalue weighted by Gasteiger charge is 2.13. The molecule has 160 valence electrons. The molecule has 0 saturated carbocycles. The number of halogens is 2. The van der Waals surface area contributed by atoms with E-state index >= 15 is 0 Å². The van der Waals surface area contributed by atoms with E-state index in [2.05, 4.69) is 15.6 Å². The Bertz CT molecular complexity index is 560. The maximum Gasteiger partial charge on any atom is 0.191 e. The van der Waals surface area contributed by atoms with Gasteiger partial charge in [-0.05, 0) is 44.2 Å². The first-order chi connectivity index (χ1) is 13.3. The molecule has 2 N–H and O–H groups in total. The molecule has 5 nitrogen and oxygen atoms in total. The smallest absolute Gasteiger partial charge is 0.191 e. The summed E-state index contributed by atoms with van der Waals surface area (Å²) in [4.78, 5) is 5.25. The number of guanidine groups is 1. The van der Waals surface area contributed by atoms with Gasteiger partial charge < -0.3 is 20.1 Å². The Hall–Kier alpha value is -0.580. The third-order valence-corrected chi connectivity index (χ3v) is 5.29. The van der Waals surface area contributed by atoms with Crippen molar-refractivity contribution >= 4 is 41.7 Å². The van der Waals surface area contributed by atoms with Crippen LogP contribution in [-0.4, -0.2) is 57.8 Å². The highest BCUT2D eigenvalue weighted by atomic mass is 127. The van der Waals surface area contributed by atoms with Gasteiger partial charge in [0, 0.05) is 56.7 Å². The molecule has 8 heteroatoms. The van der Waals surface area contributed by atoms with Gasteiger partial charge in [-0.3, -0.25) is 4.99 Å². The Labute approximate surface area is 189 Å². The van der Waals surface area contributed by atoms with Gasteiger partial charge in [0.25, 0.3) is 0 Å². The van der Waals surface area contributed by atoms with E-state index < -0.39 is 0 Å². The van der Waals surface area contributed by atoms with Gasteiger partial charge in [-0.15, -0.1) is 35.7 Å². The lowest BCUT2D eigenvalue weighted by molar-refractivity contribution is 0.0205. The average Bonchev–Trinajstić information content (AvgIpc) is 2.69. The van der Waals surface area contributed by atoms with Crippen LogP contribution in [0.3, 0.4) is 0 Å². The van der Waals surface area contributed by atoms with Crippen molar-refractivity contribution in [3.63, 3.8) is 0 Å². The lowest BCUT2D eigenvalue weighted by atomic mass is 10.0. The highest BCUT2D eigenvalue weighted by Crippen LogP contribution is 2.20. The lowest BCUT2D eigenvalue weighted by Gasteiger charge is -2.21. The van der Waals surface area contributed by atoms with Crippen LogP contribution in [0.5, 0.6) is 0 Å². The van der Waals surface area contributed by atoms with E-state index in [0.717, 1.165) is 77.0 Å². The molecular weight excluding hydrogens is 492 g/mol. The van der Waals surface area contributed by atoms with E-state index in [4.69, 9.17) is 9.47 Å². The lowest BCUT2D eigenvalue weighted by Crippen LogP contribution is -2.38. The maximum atomic E-state index is 13.6. The number of aliphatic imine (C=N–C) groups is 1. The molecule has 0 aliphatic carbocycles. The number of thioether (sulfide) groups is 1. The first-order valence-electron chi connectivity index (χ1n) is 9.84. The largest absolute Gasteiger partial charge is 0.381 e. The van der Waals surface area contributed by atoms with Gasteiger partial charge in [-0.2, -0.15) is 0 Å². The first kappa shape index (κ1) is 25.5. The predicted molar refractivity (Wildman–Crippen MR) is 125 cm³/mol. The maximum absolute atomic E-state index is 13.6. The normalized spacial score (nSPS) is 15.1. The number of rotatable bonds is 11. The number of nitrogens with zero attached hydrogens (tertiary/aromatic N) is 1. The number of nitrogens with one attached hydrogen (secondary N) is 2. The topological polar surface area (TPSA) is 54.9 Å². The fourth-order valence-electron chi connectivity index (χ4n) is 2.75. The second-order valence-electron chi connectivity index (χ2n) is 6.45. The van der Waals surface area contributed by atoms with Crippen molar-refractivity contribution in [3.05, 3.63) is 30.1 Å². The van der Waals surface area contributed by atoms with E-state index in [1.807, 2.05) is 13.0 Å². The molecule has 1 aliphatic heterocycles. The summed E-state index contributed by atoms with van der Waals surface area (Å²) < 4.78 is 24.7. The molecule has 0 atom stereocenters. The van der Waals surface area contributed by atoms with E-state index in [9.17, 15) is 4.39 Å². The van der Waals surface area contributed by atoms with E-state index in [-0.39, 0.29) is 29.8 Å². The fourth-order valence-corrected chi connectivity index (χ4v) is 3.56. The van der Waals surface area contributed by atoms with Crippen LogP contribution in [0.15, 0.2) is 34.2 Å². The first-order valence-corrected chi connectivity index (χ1v) is 10.8. The molecule has 1 heterocycles. The SMILES string of the molecule is CCNC(=NCCCOCC1CCOCC1)NCCSc1ccccc1F.I. The van der Waals surface area contributed by atoms with Crippen LogP contribution in [0, 0.1) is 11.7 Å². The van der Waals surface area contributed by atoms with Crippen LogP contribution in [0.2, 0.25) is 0 Å². The number of hydrogen-bond donors (Lipinski definition) is 2. The summed E-state index contributed by atoms with van der Waals surface area (Å²) in [6, 6.07) is 6.86. The van der Waals surface area contributed by atoms with Gasteiger partial charge in [0.1, 0.15) is 5.82 Å². The van der Waals surface area contributed by atoms with Crippen molar-refractivity contribution in [3.8, 4) is 0 Å². The number of benzene rings is 1. The molecule has 1 aliphatic rings. The van der Waals surface area contributed by atoms with Crippen LogP contribution in [0.4, 0.5) is 4.39 Å². The zero-order valence-corrected chi connectivity index (χ0v) is 19.8. The van der Waals surface area contributed by atoms with Crippen LogP contribution in [-0.2, 0) is 9.47 Å². The van der Waals surface area contributed by atoms with Crippen molar-refractivity contribution in [1.29, 1.82) is 0 Å². The molecule has 0 spiro atoms. The number of hydrogen-bond acceptors (Lipinski definition) is 4. The monoisotopic (exact) mass is 525 g/mol. The Morgan fingerprint density at radius 3 is 2.82 bits per heavy atom. The summed E-state index contributed by atoms with van der Waals surface area (Å²) in [5.41, 5.74) is 0. The van der Waals surface area contributed by atoms with Crippen LogP contribution in [0.1, 0.15) is 26.2 Å². The summed E-state index contributed by atoms with van der Waals surface area (Å²) in [6.07, 6.45) is 3.12. The molecular formula is C20H33FIN3O2S. The minimum Gasteiger partial charge on any atom is -0.381 e. The molecule has 0 radical (unpaired) electrons. The van der Waals surface area contributed by atoms with Crippen LogP contribution >= 0.6 is 35.7 Å². The second kappa shape index (κ2) is 16.2. The zero-order chi connectivity index (χ0) is 19.2. The van der Waals surface area contributed by atoms with E-state index in [0.29, 0.717) is 10.8 Å². The molecule has 0 bridgehead atoms. The highest BCUT2D eigenvalue weighted by molar-refractivity contribution is 14.0. The fraction of sp³-hybridized carbons (Fsp3) is 0.650. The number of ether oxygens (including phenoxy) is 2. The molecule has 0 unspecified atom stereocenters. The average molecular weight is 525 g/mol. The minimum absolute atomic E-state index is 0. The molecule has 0 amide bonds. The summed E-state index contributed by atoms with van der Waals surface area (Å²) in [5, 5.41) is 6.53. The predicted octanol–water partition coefficient (Wildman–Crippen LogP) is 3.92. The van der Waals surface area contributed by atoms with Crippen LogP contribution in [0.25, 0.3) is 0 Å². The van der Waals surface area contributed by atoms with E-state index in [1.165, 1.54) is 17.8 Å². The van der Waals surface area contributed by atoms with Gasteiger partial charge in [-0.25, -0.2) is 4.39 Å². The van der Waals surface area contributed by atoms with Gasteiger partial charge in [-0.1, -0.05) is 12.1 Å². The summed E-state index contributed by atoms with van der Waals surface area (Å²) >= 11 is 1.51. The van der Waals surface area contributed by atoms with Crippen molar-refractivity contribution in [1.82, 2.24) is 10.6 Å². The Morgan fingerprint density at radius 2 is 2.07 bits per heavy atom. The molecule has 0 aromatic heterocycles. The Morgan fingerprint density at radius 1 is 1.29 bits per heavy atom. The summed E-state index contributed by atoms with van der Waals surface area (Å²) in [5.74, 6) is 2.06. The minimum atomic E-state index is -0.163. The second-order valence-corrected chi connectivity index (χ2v) is 7.59. The molecule has 1 aromatic carbocycles. The summed E-state index contributed by atoms with van der Waals surface area (Å²) in [7, 11) is 0. The quantitative estimate of drug-likeness (QED) is 0.151. The van der Waals surface area contributed by atoms with Gasteiger partial charge in [0.15, 0.2) is 5.96 Å². The standard InChI is InChI=1S/C20H32FN3O2S.HI/c1-2-22-20(24-11-15-27-19-7-4-3-6-18(19)21)23-10-5-12-26-16-17-8-13-25-14-9-17;/h3-4,6-7,17H,2,5,8-16H2,1H3,(H2,22,23,24);1H. The van der Waals surface area contributed by atoms with Crippen molar-refractivity contribution in [2.45, 2.75) is 31.1 Å². The molecule has 2 rings (SSSR count). The van der Waals surface area contributed by atoms with Gasteiger partial charge >= 0.3 is 0 Å². The van der Waals surface area contributed by atoms with Crippen LogP contribution < -0.4 is 10.6 Å².